The molecule has 1 atom stereocenters. The summed E-state index contributed by atoms with van der Waals surface area (Å²) in [5.41, 5.74) is 0.157. The third-order valence-electron chi connectivity index (χ3n) is 3.50. The van der Waals surface area contributed by atoms with Crippen LogP contribution >= 0.6 is 23.2 Å². The fourth-order valence-corrected chi connectivity index (χ4v) is 2.69. The first-order chi connectivity index (χ1) is 9.97. The first-order valence-electron chi connectivity index (χ1n) is 6.94. The molecule has 1 amide bonds. The van der Waals surface area contributed by atoms with Crippen molar-refractivity contribution in [3.63, 3.8) is 0 Å². The van der Waals surface area contributed by atoms with E-state index in [4.69, 9.17) is 27.9 Å². The summed E-state index contributed by atoms with van der Waals surface area (Å²) in [6.45, 7) is 1.54. The molecule has 1 saturated carbocycles. The summed E-state index contributed by atoms with van der Waals surface area (Å²) in [5, 5.41) is 3.51. The van der Waals surface area contributed by atoms with E-state index in [1.165, 1.54) is 12.1 Å². The number of carbonyl (C=O) groups is 2. The number of nitrogens with one attached hydrogen (secondary N) is 1. The maximum atomic E-state index is 12.0. The van der Waals surface area contributed by atoms with Gasteiger partial charge in [0, 0.05) is 11.1 Å². The van der Waals surface area contributed by atoms with Crippen LogP contribution in [-0.4, -0.2) is 24.0 Å². The van der Waals surface area contributed by atoms with Gasteiger partial charge in [-0.15, -0.1) is 0 Å². The van der Waals surface area contributed by atoms with Crippen LogP contribution in [0.15, 0.2) is 18.2 Å². The van der Waals surface area contributed by atoms with Crippen LogP contribution in [0, 0.1) is 0 Å². The lowest BCUT2D eigenvalue weighted by Crippen LogP contribution is -2.40. The summed E-state index contributed by atoms with van der Waals surface area (Å²) in [7, 11) is 0. The Labute approximate surface area is 133 Å². The van der Waals surface area contributed by atoms with Gasteiger partial charge in [-0.3, -0.25) is 4.79 Å². The molecule has 1 unspecified atom stereocenters. The van der Waals surface area contributed by atoms with Crippen molar-refractivity contribution in [3.8, 4) is 0 Å². The van der Waals surface area contributed by atoms with Crippen molar-refractivity contribution in [3.05, 3.63) is 33.8 Å². The highest BCUT2D eigenvalue weighted by Gasteiger charge is 2.24. The van der Waals surface area contributed by atoms with Crippen LogP contribution in [0.1, 0.15) is 43.0 Å². The number of rotatable bonds is 4. The minimum absolute atomic E-state index is 0.157. The molecule has 0 bridgehead atoms. The van der Waals surface area contributed by atoms with Crippen molar-refractivity contribution in [2.45, 2.75) is 44.8 Å². The van der Waals surface area contributed by atoms with E-state index in [9.17, 15) is 9.59 Å². The minimum atomic E-state index is -0.867. The highest BCUT2D eigenvalue weighted by atomic mass is 35.5. The summed E-state index contributed by atoms with van der Waals surface area (Å²) >= 11 is 11.8. The van der Waals surface area contributed by atoms with E-state index in [1.807, 2.05) is 0 Å². The predicted molar refractivity (Wildman–Crippen MR) is 81.7 cm³/mol. The third-order valence-corrected chi connectivity index (χ3v) is 4.07. The monoisotopic (exact) mass is 329 g/mol. The lowest BCUT2D eigenvalue weighted by Gasteiger charge is -2.17. The molecule has 21 heavy (non-hydrogen) atoms. The summed E-state index contributed by atoms with van der Waals surface area (Å²) in [4.78, 5) is 24.0. The largest absolute Gasteiger partial charge is 0.449 e. The Morgan fingerprint density at radius 2 is 1.95 bits per heavy atom. The van der Waals surface area contributed by atoms with Gasteiger partial charge in [-0.2, -0.15) is 0 Å². The number of benzene rings is 1. The van der Waals surface area contributed by atoms with Gasteiger partial charge in [0.2, 0.25) is 0 Å². The zero-order chi connectivity index (χ0) is 15.4. The number of amides is 1. The van der Waals surface area contributed by atoms with Crippen LogP contribution in [0.25, 0.3) is 0 Å². The van der Waals surface area contributed by atoms with E-state index in [-0.39, 0.29) is 22.5 Å². The number of carbonyl (C=O) groups excluding carboxylic acids is 2. The van der Waals surface area contributed by atoms with Crippen LogP contribution in [0.3, 0.4) is 0 Å². The van der Waals surface area contributed by atoms with E-state index in [1.54, 1.807) is 13.0 Å². The molecule has 0 radical (unpaired) electrons. The van der Waals surface area contributed by atoms with Crippen molar-refractivity contribution < 1.29 is 14.3 Å². The highest BCUT2D eigenvalue weighted by Crippen LogP contribution is 2.22. The van der Waals surface area contributed by atoms with Gasteiger partial charge < -0.3 is 10.1 Å². The second kappa shape index (κ2) is 7.14. The van der Waals surface area contributed by atoms with Gasteiger partial charge in [0.05, 0.1) is 10.6 Å². The number of hydrogen-bond acceptors (Lipinski definition) is 3. The SMILES string of the molecule is CC(OC(=O)c1cc(Cl)ccc1Cl)C(=O)NC1CCCC1. The zero-order valence-corrected chi connectivity index (χ0v) is 13.2. The standard InChI is InChI=1S/C15H17Cl2NO3/c1-9(14(19)18-11-4-2-3-5-11)21-15(20)12-8-10(16)6-7-13(12)17/h6-9,11H,2-5H2,1H3,(H,18,19). The second-order valence-corrected chi connectivity index (χ2v) is 6.01. The van der Waals surface area contributed by atoms with Crippen molar-refractivity contribution >= 4 is 35.1 Å². The number of esters is 1. The van der Waals surface area contributed by atoms with Crippen LogP contribution < -0.4 is 5.32 Å². The van der Waals surface area contributed by atoms with Crippen LogP contribution in [0.4, 0.5) is 0 Å². The van der Waals surface area contributed by atoms with Crippen LogP contribution in [0.2, 0.25) is 10.0 Å². The van der Waals surface area contributed by atoms with Gasteiger partial charge in [-0.1, -0.05) is 36.0 Å². The molecule has 1 aromatic carbocycles. The molecule has 0 heterocycles. The van der Waals surface area contributed by atoms with E-state index >= 15 is 0 Å². The Morgan fingerprint density at radius 3 is 2.62 bits per heavy atom. The lowest BCUT2D eigenvalue weighted by atomic mass is 10.2. The third kappa shape index (κ3) is 4.35. The summed E-state index contributed by atoms with van der Waals surface area (Å²) in [6, 6.07) is 4.71. The van der Waals surface area contributed by atoms with Gasteiger partial charge in [0.15, 0.2) is 6.10 Å². The normalized spacial score (nSPS) is 16.5. The van der Waals surface area contributed by atoms with Gasteiger partial charge in [0.1, 0.15) is 0 Å². The van der Waals surface area contributed by atoms with Crippen molar-refractivity contribution in [1.29, 1.82) is 0 Å². The molecule has 4 nitrogen and oxygen atoms in total. The predicted octanol–water partition coefficient (Wildman–Crippen LogP) is 3.60. The molecule has 2 rings (SSSR count). The molecule has 114 valence electrons. The summed E-state index contributed by atoms with van der Waals surface area (Å²) < 4.78 is 5.15. The molecule has 0 aromatic heterocycles. The Bertz CT molecular complexity index is 542. The van der Waals surface area contributed by atoms with E-state index in [0.717, 1.165) is 25.7 Å². The first-order valence-corrected chi connectivity index (χ1v) is 7.69. The summed E-state index contributed by atoms with van der Waals surface area (Å²) in [6.07, 6.45) is 3.33. The van der Waals surface area contributed by atoms with Crippen molar-refractivity contribution in [1.82, 2.24) is 5.32 Å². The number of ether oxygens (including phenoxy) is 1. The van der Waals surface area contributed by atoms with Gasteiger partial charge >= 0.3 is 5.97 Å². The Hall–Kier alpha value is -1.26. The quantitative estimate of drug-likeness (QED) is 0.858. The molecular formula is C15H17Cl2NO3. The van der Waals surface area contributed by atoms with Crippen molar-refractivity contribution in [2.75, 3.05) is 0 Å². The molecule has 1 aliphatic rings. The molecule has 0 aliphatic heterocycles. The topological polar surface area (TPSA) is 55.4 Å². The Kier molecular flexibility index (Phi) is 5.48. The van der Waals surface area contributed by atoms with Crippen LogP contribution in [0.5, 0.6) is 0 Å². The van der Waals surface area contributed by atoms with Crippen LogP contribution in [-0.2, 0) is 9.53 Å². The molecule has 1 aromatic rings. The smallest absolute Gasteiger partial charge is 0.340 e. The van der Waals surface area contributed by atoms with E-state index in [0.29, 0.717) is 5.02 Å². The molecule has 1 N–H and O–H groups in total. The van der Waals surface area contributed by atoms with E-state index in [2.05, 4.69) is 5.32 Å². The molecular weight excluding hydrogens is 313 g/mol. The Morgan fingerprint density at radius 1 is 1.29 bits per heavy atom. The molecule has 1 fully saturated rings. The lowest BCUT2D eigenvalue weighted by molar-refractivity contribution is -0.129. The van der Waals surface area contributed by atoms with Crippen molar-refractivity contribution in [2.24, 2.45) is 0 Å². The molecule has 0 saturated heterocycles. The molecule has 6 heteroatoms. The molecule has 1 aliphatic carbocycles. The average Bonchev–Trinajstić information content (AvgIpc) is 2.94. The first kappa shape index (κ1) is 16.1. The molecule has 0 spiro atoms. The second-order valence-electron chi connectivity index (χ2n) is 5.16. The zero-order valence-electron chi connectivity index (χ0n) is 11.7. The maximum absolute atomic E-state index is 12.0. The summed E-state index contributed by atoms with van der Waals surface area (Å²) in [5.74, 6) is -0.940. The number of hydrogen-bond donors (Lipinski definition) is 1. The van der Waals surface area contributed by atoms with E-state index < -0.39 is 12.1 Å². The van der Waals surface area contributed by atoms with Gasteiger partial charge in [-0.25, -0.2) is 4.79 Å². The minimum Gasteiger partial charge on any atom is -0.449 e. The highest BCUT2D eigenvalue weighted by molar-refractivity contribution is 6.35. The maximum Gasteiger partial charge on any atom is 0.340 e. The number of halogens is 2. The fourth-order valence-electron chi connectivity index (χ4n) is 2.32. The Balaban J connectivity index is 1.94. The van der Waals surface area contributed by atoms with Gasteiger partial charge in [-0.05, 0) is 38.0 Å². The van der Waals surface area contributed by atoms with Gasteiger partial charge in [0.25, 0.3) is 5.91 Å². The fraction of sp³-hybridized carbons (Fsp3) is 0.467. The average molecular weight is 330 g/mol.